The van der Waals surface area contributed by atoms with Crippen molar-refractivity contribution in [2.75, 3.05) is 41.3 Å². The molecular formula is C30H37N5O9. The lowest BCUT2D eigenvalue weighted by Crippen LogP contribution is -2.63. The predicted molar refractivity (Wildman–Crippen MR) is 152 cm³/mol. The van der Waals surface area contributed by atoms with Crippen LogP contribution in [0.25, 0.3) is 0 Å². The number of nitrogens with two attached hydrogens (primary N) is 1. The second kappa shape index (κ2) is 10.0. The van der Waals surface area contributed by atoms with Crippen molar-refractivity contribution in [3.63, 3.8) is 0 Å². The Labute approximate surface area is 253 Å². The molecule has 6 aliphatic rings. The van der Waals surface area contributed by atoms with Crippen molar-refractivity contribution < 1.29 is 44.4 Å². The van der Waals surface area contributed by atoms with Gasteiger partial charge in [0.25, 0.3) is 5.91 Å². The number of piperazine rings is 1. The van der Waals surface area contributed by atoms with E-state index in [4.69, 9.17) is 5.73 Å². The van der Waals surface area contributed by atoms with E-state index in [0.717, 1.165) is 11.3 Å². The van der Waals surface area contributed by atoms with Crippen LogP contribution in [0.1, 0.15) is 32.1 Å². The number of likely N-dealkylation sites (N-methyl/N-ethyl adjacent to an activating group) is 1. The lowest BCUT2D eigenvalue weighted by molar-refractivity contribution is -0.159. The first-order chi connectivity index (χ1) is 20.6. The molecule has 14 nitrogen and oxygen atoms in total. The first kappa shape index (κ1) is 30.0. The molecule has 6 N–H and O–H groups in total. The van der Waals surface area contributed by atoms with Gasteiger partial charge < -0.3 is 31.1 Å². The maximum absolute atomic E-state index is 14.2. The number of aliphatic hydroxyl groups excluding tert-OH is 3. The van der Waals surface area contributed by atoms with Crippen LogP contribution in [-0.4, -0.2) is 134 Å². The van der Waals surface area contributed by atoms with Crippen LogP contribution >= 0.6 is 0 Å². The molecule has 2 fully saturated rings. The number of carbonyl (C=O) groups is 5. The van der Waals surface area contributed by atoms with Crippen LogP contribution in [0.4, 0.5) is 0 Å². The number of hydrogen-bond acceptors (Lipinski definition) is 12. The number of amides is 3. The zero-order valence-corrected chi connectivity index (χ0v) is 25.0. The number of hydrogen-bond donors (Lipinski definition) is 5. The number of Topliss-reactive ketones (excluding diaryl/α,β-unsaturated/α-hetero) is 2. The second-order valence-corrected chi connectivity index (χ2v) is 13.0. The van der Waals surface area contributed by atoms with E-state index in [9.17, 15) is 44.4 Å². The zero-order chi connectivity index (χ0) is 32.2. The molecule has 14 heteroatoms. The normalized spacial score (nSPS) is 34.5. The summed E-state index contributed by atoms with van der Waals surface area (Å²) < 4.78 is 0. The van der Waals surface area contributed by atoms with Crippen molar-refractivity contribution in [3.8, 4) is 0 Å². The first-order valence-corrected chi connectivity index (χ1v) is 14.7. The number of allylic oxidation sites excluding steroid dienone is 2. The summed E-state index contributed by atoms with van der Waals surface area (Å²) in [6.07, 6.45) is 1.48. The number of primary amides is 1. The molecule has 0 saturated carbocycles. The molecule has 0 aromatic rings. The highest BCUT2D eigenvalue weighted by Gasteiger charge is 2.63. The zero-order valence-electron chi connectivity index (χ0n) is 25.0. The minimum absolute atomic E-state index is 0.00108. The standard InChI is InChI=1S/C30H37N5O9/c1-32(2)16-10-17(35-18(36)11-34-7-5-6-15(34)29(35)43)23(37)20-13(16)8-12-9-14-22(33(3)4)25(39)21(28(31)42)27(41)30(14,44)26(40)19(12)24(20)38/h12,14-15,17,22,38,40-41,44H,5-11H2,1-4H3,(H2,31,42)/t12?,14?,15?,17?,22-,30-/m0/s1. The number of fused-ring (bicyclic) bond motifs is 4. The summed E-state index contributed by atoms with van der Waals surface area (Å²) in [4.78, 5) is 72.5. The molecule has 6 atom stereocenters. The van der Waals surface area contributed by atoms with Crippen LogP contribution in [0.5, 0.6) is 0 Å². The van der Waals surface area contributed by atoms with E-state index >= 15 is 0 Å². The number of nitrogens with zero attached hydrogens (tertiary/aromatic N) is 4. The molecule has 0 aromatic carbocycles. The largest absolute Gasteiger partial charge is 0.508 e. The Morgan fingerprint density at radius 3 is 2.27 bits per heavy atom. The smallest absolute Gasteiger partial charge is 0.255 e. The quantitative estimate of drug-likeness (QED) is 0.195. The summed E-state index contributed by atoms with van der Waals surface area (Å²) in [7, 11) is 6.61. The van der Waals surface area contributed by atoms with E-state index < -0.39 is 87.7 Å². The molecule has 6 rings (SSSR count). The molecule has 3 amide bonds. The molecule has 2 saturated heterocycles. The number of rotatable bonds is 4. The monoisotopic (exact) mass is 611 g/mol. The molecule has 0 spiro atoms. The maximum Gasteiger partial charge on any atom is 0.255 e. The third-order valence-corrected chi connectivity index (χ3v) is 10.3. The van der Waals surface area contributed by atoms with E-state index in [1.807, 2.05) is 4.90 Å². The fraction of sp³-hybridized carbons (Fsp3) is 0.567. The summed E-state index contributed by atoms with van der Waals surface area (Å²) in [5, 5.41) is 46.4. The van der Waals surface area contributed by atoms with Crippen molar-refractivity contribution >= 4 is 29.3 Å². The van der Waals surface area contributed by atoms with E-state index in [0.29, 0.717) is 24.2 Å². The van der Waals surface area contributed by atoms with Crippen molar-refractivity contribution in [1.29, 1.82) is 0 Å². The van der Waals surface area contributed by atoms with Crippen LogP contribution in [-0.2, 0) is 24.0 Å². The number of ketones is 2. The second-order valence-electron chi connectivity index (χ2n) is 13.0. The van der Waals surface area contributed by atoms with Crippen molar-refractivity contribution in [1.82, 2.24) is 19.6 Å². The molecule has 236 valence electrons. The average molecular weight is 612 g/mol. The SMILES string of the molecule is CN(C)C1=C2CC3CC4[C@H](N(C)C)C(=O)C(C(N)=O)=C(O)[C@@]4(O)C(O)=C3C(O)=C2C(=O)C(N2C(=O)CN3CCCC3C2=O)C1. The third-order valence-electron chi connectivity index (χ3n) is 10.3. The van der Waals surface area contributed by atoms with Crippen LogP contribution < -0.4 is 5.73 Å². The summed E-state index contributed by atoms with van der Waals surface area (Å²) in [5.41, 5.74) is 2.57. The molecule has 0 aromatic heterocycles. The topological polar surface area (TPSA) is 205 Å². The van der Waals surface area contributed by atoms with Crippen molar-refractivity contribution in [2.45, 2.75) is 55.8 Å². The number of carbonyl (C=O) groups excluding carboxylic acids is 5. The summed E-state index contributed by atoms with van der Waals surface area (Å²) in [6, 6.07) is -2.88. The third kappa shape index (κ3) is 3.86. The first-order valence-electron chi connectivity index (χ1n) is 14.7. The van der Waals surface area contributed by atoms with Gasteiger partial charge in [0, 0.05) is 37.7 Å². The fourth-order valence-corrected chi connectivity index (χ4v) is 8.31. The van der Waals surface area contributed by atoms with Crippen molar-refractivity contribution in [2.24, 2.45) is 17.6 Å². The minimum atomic E-state index is -2.67. The average Bonchev–Trinajstić information content (AvgIpc) is 3.40. The molecule has 2 heterocycles. The molecular weight excluding hydrogens is 574 g/mol. The Morgan fingerprint density at radius 2 is 1.66 bits per heavy atom. The highest BCUT2D eigenvalue weighted by molar-refractivity contribution is 6.22. The fourth-order valence-electron chi connectivity index (χ4n) is 8.31. The molecule has 0 radical (unpaired) electrons. The predicted octanol–water partition coefficient (Wildman–Crippen LogP) is -0.818. The Bertz CT molecular complexity index is 1550. The van der Waals surface area contributed by atoms with Gasteiger partial charge in [0.1, 0.15) is 28.9 Å². The van der Waals surface area contributed by atoms with Gasteiger partial charge in [-0.2, -0.15) is 0 Å². The van der Waals surface area contributed by atoms with Gasteiger partial charge in [-0.05, 0) is 57.8 Å². The highest BCUT2D eigenvalue weighted by atomic mass is 16.4. The van der Waals surface area contributed by atoms with Crippen molar-refractivity contribution in [3.05, 3.63) is 45.3 Å². The van der Waals surface area contributed by atoms with Gasteiger partial charge in [-0.25, -0.2) is 0 Å². The van der Waals surface area contributed by atoms with Gasteiger partial charge in [0.05, 0.1) is 24.2 Å². The maximum atomic E-state index is 14.2. The Balaban J connectivity index is 1.53. The number of aliphatic hydroxyl groups is 4. The Kier molecular flexibility index (Phi) is 6.83. The van der Waals surface area contributed by atoms with E-state index in [-0.39, 0.29) is 37.0 Å². The number of imide groups is 1. The van der Waals surface area contributed by atoms with Crippen LogP contribution in [0.2, 0.25) is 0 Å². The lowest BCUT2D eigenvalue weighted by Gasteiger charge is -2.51. The molecule has 4 aliphatic carbocycles. The van der Waals surface area contributed by atoms with Gasteiger partial charge >= 0.3 is 0 Å². The molecule has 4 unspecified atom stereocenters. The van der Waals surface area contributed by atoms with E-state index in [1.165, 1.54) is 4.90 Å². The Hall–Kier alpha value is -4.01. The van der Waals surface area contributed by atoms with Gasteiger partial charge in [0.15, 0.2) is 17.2 Å². The van der Waals surface area contributed by atoms with Gasteiger partial charge in [-0.3, -0.25) is 38.7 Å². The van der Waals surface area contributed by atoms with Crippen LogP contribution in [0, 0.1) is 11.8 Å². The summed E-state index contributed by atoms with van der Waals surface area (Å²) in [6.45, 7) is 0.617. The highest BCUT2D eigenvalue weighted by Crippen LogP contribution is 2.56. The van der Waals surface area contributed by atoms with E-state index in [1.54, 1.807) is 33.1 Å². The summed E-state index contributed by atoms with van der Waals surface area (Å²) in [5.74, 6) is -8.23. The van der Waals surface area contributed by atoms with Gasteiger partial charge in [-0.1, -0.05) is 0 Å². The molecule has 44 heavy (non-hydrogen) atoms. The minimum Gasteiger partial charge on any atom is -0.508 e. The van der Waals surface area contributed by atoms with Crippen LogP contribution in [0.15, 0.2) is 45.3 Å². The summed E-state index contributed by atoms with van der Waals surface area (Å²) >= 11 is 0. The molecule has 0 bridgehead atoms. The van der Waals surface area contributed by atoms with Crippen LogP contribution in [0.3, 0.4) is 0 Å². The Morgan fingerprint density at radius 1 is 0.977 bits per heavy atom. The molecule has 2 aliphatic heterocycles. The van der Waals surface area contributed by atoms with E-state index in [2.05, 4.69) is 0 Å². The lowest BCUT2D eigenvalue weighted by atomic mass is 9.58. The van der Waals surface area contributed by atoms with Gasteiger partial charge in [-0.15, -0.1) is 0 Å². The van der Waals surface area contributed by atoms with Gasteiger partial charge in [0.2, 0.25) is 11.8 Å².